The van der Waals surface area contributed by atoms with Gasteiger partial charge in [-0.15, -0.1) is 0 Å². The van der Waals surface area contributed by atoms with Gasteiger partial charge in [0.15, 0.2) is 0 Å². The Hall–Kier alpha value is -1.16. The maximum Gasteiger partial charge on any atom is 0.223 e. The van der Waals surface area contributed by atoms with Crippen molar-refractivity contribution in [2.24, 2.45) is 0 Å². The number of aryl methyl sites for hydroxylation is 2. The van der Waals surface area contributed by atoms with Crippen LogP contribution in [-0.2, 0) is 12.8 Å². The molecule has 4 nitrogen and oxygen atoms in total. The second kappa shape index (κ2) is 6.43. The van der Waals surface area contributed by atoms with Crippen molar-refractivity contribution in [2.45, 2.75) is 39.7 Å². The zero-order valence-corrected chi connectivity index (χ0v) is 10.7. The van der Waals surface area contributed by atoms with Crippen molar-refractivity contribution < 1.29 is 0 Å². The van der Waals surface area contributed by atoms with Crippen molar-refractivity contribution in [3.63, 3.8) is 0 Å². The third kappa shape index (κ3) is 3.77. The zero-order chi connectivity index (χ0) is 12.0. The monoisotopic (exact) mass is 222 g/mol. The van der Waals surface area contributed by atoms with E-state index in [4.69, 9.17) is 0 Å². The molecule has 0 aromatic carbocycles. The van der Waals surface area contributed by atoms with Gasteiger partial charge < -0.3 is 10.6 Å². The molecule has 1 atom stereocenters. The number of aromatic nitrogens is 2. The van der Waals surface area contributed by atoms with E-state index in [1.807, 2.05) is 7.05 Å². The van der Waals surface area contributed by atoms with E-state index in [0.29, 0.717) is 6.04 Å². The van der Waals surface area contributed by atoms with E-state index in [1.165, 1.54) is 0 Å². The lowest BCUT2D eigenvalue weighted by Gasteiger charge is -2.12. The van der Waals surface area contributed by atoms with Crippen LogP contribution in [0.5, 0.6) is 0 Å². The number of nitrogens with zero attached hydrogens (tertiary/aromatic N) is 2. The molecule has 0 amide bonds. The Balaban J connectivity index is 2.71. The SMILES string of the molecule is CCc1cc(CC)nc(NCC(C)NC)n1. The molecule has 1 aromatic heterocycles. The van der Waals surface area contributed by atoms with Crippen molar-refractivity contribution in [3.05, 3.63) is 17.5 Å². The molecule has 0 saturated carbocycles. The predicted octanol–water partition coefficient (Wildman–Crippen LogP) is 1.62. The Labute approximate surface area is 97.9 Å². The quantitative estimate of drug-likeness (QED) is 0.768. The molecule has 1 unspecified atom stereocenters. The van der Waals surface area contributed by atoms with Crippen molar-refractivity contribution in [3.8, 4) is 0 Å². The Morgan fingerprint density at radius 3 is 2.19 bits per heavy atom. The smallest absolute Gasteiger partial charge is 0.223 e. The molecule has 16 heavy (non-hydrogen) atoms. The van der Waals surface area contributed by atoms with Gasteiger partial charge in [0.1, 0.15) is 0 Å². The fourth-order valence-electron chi connectivity index (χ4n) is 1.34. The molecule has 0 aliphatic carbocycles. The summed E-state index contributed by atoms with van der Waals surface area (Å²) in [5, 5.41) is 6.43. The van der Waals surface area contributed by atoms with Gasteiger partial charge in [0.05, 0.1) is 0 Å². The molecule has 0 fully saturated rings. The lowest BCUT2D eigenvalue weighted by atomic mass is 10.2. The highest BCUT2D eigenvalue weighted by Gasteiger charge is 2.03. The topological polar surface area (TPSA) is 49.8 Å². The Kier molecular flexibility index (Phi) is 5.19. The van der Waals surface area contributed by atoms with Gasteiger partial charge in [0.25, 0.3) is 0 Å². The van der Waals surface area contributed by atoms with Gasteiger partial charge in [0.2, 0.25) is 5.95 Å². The van der Waals surface area contributed by atoms with E-state index in [1.54, 1.807) is 0 Å². The molecule has 0 bridgehead atoms. The molecule has 90 valence electrons. The van der Waals surface area contributed by atoms with Crippen molar-refractivity contribution >= 4 is 5.95 Å². The number of rotatable bonds is 6. The van der Waals surface area contributed by atoms with Gasteiger partial charge in [0, 0.05) is 24.0 Å². The summed E-state index contributed by atoms with van der Waals surface area (Å²) in [5.74, 6) is 0.748. The molecule has 0 spiro atoms. The molecule has 1 rings (SSSR count). The van der Waals surface area contributed by atoms with E-state index in [2.05, 4.69) is 47.4 Å². The first kappa shape index (κ1) is 12.9. The van der Waals surface area contributed by atoms with Crippen molar-refractivity contribution in [1.29, 1.82) is 0 Å². The Morgan fingerprint density at radius 1 is 1.19 bits per heavy atom. The lowest BCUT2D eigenvalue weighted by Crippen LogP contribution is -2.29. The molecular weight excluding hydrogens is 200 g/mol. The summed E-state index contributed by atoms with van der Waals surface area (Å²) in [6.07, 6.45) is 1.90. The summed E-state index contributed by atoms with van der Waals surface area (Å²) >= 11 is 0. The van der Waals surface area contributed by atoms with Crippen LogP contribution in [0.25, 0.3) is 0 Å². The summed E-state index contributed by atoms with van der Waals surface area (Å²) in [7, 11) is 1.95. The summed E-state index contributed by atoms with van der Waals surface area (Å²) < 4.78 is 0. The van der Waals surface area contributed by atoms with Gasteiger partial charge in [-0.05, 0) is 32.9 Å². The van der Waals surface area contributed by atoms with Crippen LogP contribution in [0.15, 0.2) is 6.07 Å². The maximum absolute atomic E-state index is 4.46. The summed E-state index contributed by atoms with van der Waals surface area (Å²) in [6.45, 7) is 7.19. The maximum atomic E-state index is 4.46. The molecule has 1 heterocycles. The van der Waals surface area contributed by atoms with E-state index in [0.717, 1.165) is 36.7 Å². The van der Waals surface area contributed by atoms with E-state index >= 15 is 0 Å². The Bertz CT molecular complexity index is 303. The minimum absolute atomic E-state index is 0.416. The molecule has 0 aliphatic rings. The third-order valence-electron chi connectivity index (χ3n) is 2.62. The van der Waals surface area contributed by atoms with E-state index in [-0.39, 0.29) is 0 Å². The first-order valence-corrected chi connectivity index (χ1v) is 5.97. The zero-order valence-electron chi connectivity index (χ0n) is 10.7. The molecule has 2 N–H and O–H groups in total. The molecule has 0 saturated heterocycles. The second-order valence-electron chi connectivity index (χ2n) is 3.95. The average molecular weight is 222 g/mol. The largest absolute Gasteiger partial charge is 0.353 e. The number of hydrogen-bond donors (Lipinski definition) is 2. The Morgan fingerprint density at radius 2 is 1.75 bits per heavy atom. The predicted molar refractivity (Wildman–Crippen MR) is 67.8 cm³/mol. The highest BCUT2D eigenvalue weighted by Crippen LogP contribution is 2.07. The highest BCUT2D eigenvalue weighted by atomic mass is 15.1. The van der Waals surface area contributed by atoms with E-state index < -0.39 is 0 Å². The molecule has 4 heteroatoms. The van der Waals surface area contributed by atoms with Crippen LogP contribution in [-0.4, -0.2) is 29.6 Å². The van der Waals surface area contributed by atoms with Crippen LogP contribution in [0.3, 0.4) is 0 Å². The van der Waals surface area contributed by atoms with Crippen LogP contribution in [0.2, 0.25) is 0 Å². The van der Waals surface area contributed by atoms with Gasteiger partial charge in [-0.3, -0.25) is 0 Å². The standard InChI is InChI=1S/C12H22N4/c1-5-10-7-11(6-2)16-12(15-10)14-8-9(3)13-4/h7,9,13H,5-6,8H2,1-4H3,(H,14,15,16). The fourth-order valence-corrected chi connectivity index (χ4v) is 1.34. The number of hydrogen-bond acceptors (Lipinski definition) is 4. The normalized spacial score (nSPS) is 12.5. The van der Waals surface area contributed by atoms with Gasteiger partial charge in [-0.2, -0.15) is 0 Å². The summed E-state index contributed by atoms with van der Waals surface area (Å²) in [4.78, 5) is 8.91. The molecule has 0 aliphatic heterocycles. The van der Waals surface area contributed by atoms with Gasteiger partial charge in [-0.1, -0.05) is 13.8 Å². The molecular formula is C12H22N4. The number of anilines is 1. The van der Waals surface area contributed by atoms with Crippen molar-refractivity contribution in [1.82, 2.24) is 15.3 Å². The minimum atomic E-state index is 0.416. The second-order valence-corrected chi connectivity index (χ2v) is 3.95. The lowest BCUT2D eigenvalue weighted by molar-refractivity contribution is 0.635. The van der Waals surface area contributed by atoms with Gasteiger partial charge in [-0.25, -0.2) is 9.97 Å². The fraction of sp³-hybridized carbons (Fsp3) is 0.667. The summed E-state index contributed by atoms with van der Waals surface area (Å²) in [5.41, 5.74) is 2.21. The molecule has 1 aromatic rings. The first-order chi connectivity index (χ1) is 7.69. The van der Waals surface area contributed by atoms with Crippen LogP contribution < -0.4 is 10.6 Å². The number of nitrogens with one attached hydrogen (secondary N) is 2. The van der Waals surface area contributed by atoms with E-state index in [9.17, 15) is 0 Å². The number of likely N-dealkylation sites (N-methyl/N-ethyl adjacent to an activating group) is 1. The van der Waals surface area contributed by atoms with Crippen LogP contribution >= 0.6 is 0 Å². The van der Waals surface area contributed by atoms with Crippen LogP contribution in [0.4, 0.5) is 5.95 Å². The van der Waals surface area contributed by atoms with Gasteiger partial charge >= 0.3 is 0 Å². The minimum Gasteiger partial charge on any atom is -0.353 e. The van der Waals surface area contributed by atoms with Crippen LogP contribution in [0.1, 0.15) is 32.2 Å². The highest BCUT2D eigenvalue weighted by molar-refractivity contribution is 5.28. The van der Waals surface area contributed by atoms with Crippen molar-refractivity contribution in [2.75, 3.05) is 18.9 Å². The molecule has 0 radical (unpaired) electrons. The average Bonchev–Trinajstić information content (AvgIpc) is 2.35. The third-order valence-corrected chi connectivity index (χ3v) is 2.62. The first-order valence-electron chi connectivity index (χ1n) is 5.97. The van der Waals surface area contributed by atoms with Crippen LogP contribution in [0, 0.1) is 0 Å². The summed E-state index contributed by atoms with van der Waals surface area (Å²) in [6, 6.07) is 2.49.